The molecule has 118 valence electrons. The number of sulfone groups is 1. The standard InChI is InChI=1S/C15H17NO4S2/c1-12-4-3-5-13(10-12)11-16-22(19,20)15-8-6-14(7-9-15)21(2,17)18/h3-10,16H,11H2,1-2H3. The van der Waals surface area contributed by atoms with Crippen LogP contribution in [0.25, 0.3) is 0 Å². The molecular weight excluding hydrogens is 322 g/mol. The first-order chi connectivity index (χ1) is 10.2. The zero-order valence-corrected chi connectivity index (χ0v) is 13.9. The fraction of sp³-hybridized carbons (Fsp3) is 0.200. The van der Waals surface area contributed by atoms with Gasteiger partial charge in [0.15, 0.2) is 9.84 Å². The van der Waals surface area contributed by atoms with E-state index in [4.69, 9.17) is 0 Å². The fourth-order valence-corrected chi connectivity index (χ4v) is 3.60. The van der Waals surface area contributed by atoms with Crippen LogP contribution >= 0.6 is 0 Å². The molecule has 0 atom stereocenters. The van der Waals surface area contributed by atoms with Crippen LogP contribution in [0.3, 0.4) is 0 Å². The molecule has 0 aliphatic carbocycles. The van der Waals surface area contributed by atoms with Crippen LogP contribution in [0.15, 0.2) is 58.3 Å². The lowest BCUT2D eigenvalue weighted by molar-refractivity contribution is 0.580. The number of hydrogen-bond donors (Lipinski definition) is 1. The molecule has 5 nitrogen and oxygen atoms in total. The summed E-state index contributed by atoms with van der Waals surface area (Å²) < 4.78 is 49.6. The Kier molecular flexibility index (Phi) is 4.69. The van der Waals surface area contributed by atoms with Crippen LogP contribution in [-0.4, -0.2) is 23.1 Å². The van der Waals surface area contributed by atoms with Crippen molar-refractivity contribution in [1.82, 2.24) is 4.72 Å². The van der Waals surface area contributed by atoms with E-state index in [1.165, 1.54) is 24.3 Å². The second kappa shape index (κ2) is 6.20. The highest BCUT2D eigenvalue weighted by Crippen LogP contribution is 2.15. The number of aryl methyl sites for hydroxylation is 1. The maximum atomic E-state index is 12.2. The van der Waals surface area contributed by atoms with E-state index in [0.717, 1.165) is 17.4 Å². The maximum Gasteiger partial charge on any atom is 0.240 e. The predicted molar refractivity (Wildman–Crippen MR) is 84.8 cm³/mol. The summed E-state index contributed by atoms with van der Waals surface area (Å²) in [5, 5.41) is 0. The molecule has 0 bridgehead atoms. The summed E-state index contributed by atoms with van der Waals surface area (Å²) >= 11 is 0. The van der Waals surface area contributed by atoms with Crippen molar-refractivity contribution in [1.29, 1.82) is 0 Å². The lowest BCUT2D eigenvalue weighted by Crippen LogP contribution is -2.23. The normalized spacial score (nSPS) is 12.3. The van der Waals surface area contributed by atoms with Crippen molar-refractivity contribution in [2.75, 3.05) is 6.26 Å². The molecule has 22 heavy (non-hydrogen) atoms. The molecule has 0 aliphatic rings. The van der Waals surface area contributed by atoms with Crippen molar-refractivity contribution < 1.29 is 16.8 Å². The third-order valence-electron chi connectivity index (χ3n) is 3.11. The lowest BCUT2D eigenvalue weighted by Gasteiger charge is -2.08. The fourth-order valence-electron chi connectivity index (χ4n) is 1.95. The van der Waals surface area contributed by atoms with E-state index >= 15 is 0 Å². The van der Waals surface area contributed by atoms with Crippen molar-refractivity contribution in [3.63, 3.8) is 0 Å². The Morgan fingerprint density at radius 1 is 0.909 bits per heavy atom. The average molecular weight is 339 g/mol. The van der Waals surface area contributed by atoms with E-state index in [1.54, 1.807) is 0 Å². The van der Waals surface area contributed by atoms with E-state index < -0.39 is 19.9 Å². The quantitative estimate of drug-likeness (QED) is 0.902. The molecule has 0 amide bonds. The summed E-state index contributed by atoms with van der Waals surface area (Å²) in [5.74, 6) is 0. The number of rotatable bonds is 5. The molecule has 0 radical (unpaired) electrons. The molecule has 0 heterocycles. The van der Waals surface area contributed by atoms with Gasteiger partial charge in [-0.15, -0.1) is 0 Å². The molecule has 0 fully saturated rings. The Hall–Kier alpha value is -1.70. The van der Waals surface area contributed by atoms with Crippen LogP contribution in [-0.2, 0) is 26.4 Å². The molecule has 0 aromatic heterocycles. The molecule has 2 aromatic rings. The lowest BCUT2D eigenvalue weighted by atomic mass is 10.1. The average Bonchev–Trinajstić information content (AvgIpc) is 2.45. The topological polar surface area (TPSA) is 80.3 Å². The van der Waals surface area contributed by atoms with Crippen molar-refractivity contribution in [3.05, 3.63) is 59.7 Å². The van der Waals surface area contributed by atoms with Crippen molar-refractivity contribution >= 4 is 19.9 Å². The van der Waals surface area contributed by atoms with Crippen molar-refractivity contribution in [3.8, 4) is 0 Å². The monoisotopic (exact) mass is 339 g/mol. The van der Waals surface area contributed by atoms with E-state index in [-0.39, 0.29) is 16.3 Å². The summed E-state index contributed by atoms with van der Waals surface area (Å²) in [6.45, 7) is 2.11. The minimum absolute atomic E-state index is 0.0348. The van der Waals surface area contributed by atoms with Crippen LogP contribution in [0.1, 0.15) is 11.1 Å². The third kappa shape index (κ3) is 4.16. The smallest absolute Gasteiger partial charge is 0.224 e. The highest BCUT2D eigenvalue weighted by Gasteiger charge is 2.15. The van der Waals surface area contributed by atoms with Crippen LogP contribution in [0.5, 0.6) is 0 Å². The van der Waals surface area contributed by atoms with Gasteiger partial charge in [-0.25, -0.2) is 21.6 Å². The van der Waals surface area contributed by atoms with E-state index in [1.807, 2.05) is 31.2 Å². The number of benzene rings is 2. The molecule has 2 rings (SSSR count). The number of sulfonamides is 1. The Labute approximate surface area is 131 Å². The molecule has 0 saturated heterocycles. The van der Waals surface area contributed by atoms with Gasteiger partial charge >= 0.3 is 0 Å². The first kappa shape index (κ1) is 16.7. The summed E-state index contributed by atoms with van der Waals surface area (Å²) in [4.78, 5) is 0.123. The highest BCUT2D eigenvalue weighted by atomic mass is 32.2. The van der Waals surface area contributed by atoms with Gasteiger partial charge in [0.25, 0.3) is 0 Å². The van der Waals surface area contributed by atoms with Crippen LogP contribution in [0.4, 0.5) is 0 Å². The first-order valence-electron chi connectivity index (χ1n) is 6.54. The van der Waals surface area contributed by atoms with E-state index in [2.05, 4.69) is 4.72 Å². The summed E-state index contributed by atoms with van der Waals surface area (Å²) in [6.07, 6.45) is 1.08. The van der Waals surface area contributed by atoms with E-state index in [9.17, 15) is 16.8 Å². The molecule has 7 heteroatoms. The number of hydrogen-bond acceptors (Lipinski definition) is 4. The largest absolute Gasteiger partial charge is 0.240 e. The van der Waals surface area contributed by atoms with Gasteiger partial charge in [0.2, 0.25) is 10.0 Å². The summed E-state index contributed by atoms with van der Waals surface area (Å²) in [5.41, 5.74) is 1.91. The molecule has 0 saturated carbocycles. The zero-order valence-electron chi connectivity index (χ0n) is 12.3. The Morgan fingerprint density at radius 3 is 2.05 bits per heavy atom. The summed E-state index contributed by atoms with van der Waals surface area (Å²) in [7, 11) is -7.02. The third-order valence-corrected chi connectivity index (χ3v) is 5.66. The molecule has 0 aliphatic heterocycles. The molecule has 0 spiro atoms. The maximum absolute atomic E-state index is 12.2. The van der Waals surface area contributed by atoms with Gasteiger partial charge in [-0.05, 0) is 36.8 Å². The SMILES string of the molecule is Cc1cccc(CNS(=O)(=O)c2ccc(S(C)(=O)=O)cc2)c1. The van der Waals surface area contributed by atoms with Gasteiger partial charge in [0.1, 0.15) is 0 Å². The predicted octanol–water partition coefficient (Wildman–Crippen LogP) is 1.88. The number of nitrogens with one attached hydrogen (secondary N) is 1. The summed E-state index contributed by atoms with van der Waals surface area (Å²) in [6, 6.07) is 12.7. The van der Waals surface area contributed by atoms with Gasteiger partial charge in [-0.1, -0.05) is 29.8 Å². The van der Waals surface area contributed by atoms with Crippen LogP contribution in [0, 0.1) is 6.92 Å². The van der Waals surface area contributed by atoms with Gasteiger partial charge < -0.3 is 0 Å². The van der Waals surface area contributed by atoms with Gasteiger partial charge in [0.05, 0.1) is 9.79 Å². The van der Waals surface area contributed by atoms with Crippen LogP contribution < -0.4 is 4.72 Å². The van der Waals surface area contributed by atoms with Crippen molar-refractivity contribution in [2.45, 2.75) is 23.3 Å². The zero-order chi connectivity index (χ0) is 16.4. The molecule has 2 aromatic carbocycles. The van der Waals surface area contributed by atoms with Gasteiger partial charge in [-0.3, -0.25) is 0 Å². The van der Waals surface area contributed by atoms with Gasteiger partial charge in [-0.2, -0.15) is 0 Å². The highest BCUT2D eigenvalue weighted by molar-refractivity contribution is 7.90. The minimum atomic E-state index is -3.68. The van der Waals surface area contributed by atoms with Crippen molar-refractivity contribution in [2.24, 2.45) is 0 Å². The molecular formula is C15H17NO4S2. The molecule has 1 N–H and O–H groups in total. The first-order valence-corrected chi connectivity index (χ1v) is 9.91. The van der Waals surface area contributed by atoms with E-state index in [0.29, 0.717) is 0 Å². The second-order valence-corrected chi connectivity index (χ2v) is 8.84. The van der Waals surface area contributed by atoms with Gasteiger partial charge in [0, 0.05) is 12.8 Å². The Morgan fingerprint density at radius 2 is 1.50 bits per heavy atom. The second-order valence-electron chi connectivity index (χ2n) is 5.06. The minimum Gasteiger partial charge on any atom is -0.224 e. The Bertz CT molecular complexity index is 870. The molecule has 0 unspecified atom stereocenters. The van der Waals surface area contributed by atoms with Crippen LogP contribution in [0.2, 0.25) is 0 Å². The Balaban J connectivity index is 2.17.